The van der Waals surface area contributed by atoms with Crippen molar-refractivity contribution in [1.82, 2.24) is 20.2 Å². The van der Waals surface area contributed by atoms with Gasteiger partial charge in [-0.3, -0.25) is 14.7 Å². The molecule has 0 bridgehead atoms. The summed E-state index contributed by atoms with van der Waals surface area (Å²) in [6, 6.07) is 11.9. The number of carbonyl (C=O) groups excluding carboxylic acids is 1. The fraction of sp³-hybridized carbons (Fsp3) is 0.318. The van der Waals surface area contributed by atoms with Crippen molar-refractivity contribution in [1.29, 1.82) is 0 Å². The van der Waals surface area contributed by atoms with Gasteiger partial charge in [-0.15, -0.1) is 0 Å². The van der Waals surface area contributed by atoms with Crippen molar-refractivity contribution in [2.24, 2.45) is 0 Å². The molecule has 0 fully saturated rings. The number of amides is 1. The Morgan fingerprint density at radius 2 is 1.86 bits per heavy atom. The van der Waals surface area contributed by atoms with Gasteiger partial charge in [0.1, 0.15) is 11.5 Å². The molecule has 7 heteroatoms. The Bertz CT molecular complexity index is 928. The predicted molar refractivity (Wildman–Crippen MR) is 108 cm³/mol. The van der Waals surface area contributed by atoms with Crippen LogP contribution in [0.3, 0.4) is 0 Å². The largest absolute Gasteiger partial charge is 0.497 e. The Kier molecular flexibility index (Phi) is 5.86. The normalized spacial score (nSPS) is 14.1. The number of methoxy groups -OCH3 is 1. The van der Waals surface area contributed by atoms with Crippen LogP contribution in [0.2, 0.25) is 0 Å². The summed E-state index contributed by atoms with van der Waals surface area (Å²) in [5, 5.41) is 2.85. The van der Waals surface area contributed by atoms with E-state index in [4.69, 9.17) is 9.15 Å². The fourth-order valence-corrected chi connectivity index (χ4v) is 3.41. The van der Waals surface area contributed by atoms with Crippen molar-refractivity contribution in [3.05, 3.63) is 77.3 Å². The zero-order valence-electron chi connectivity index (χ0n) is 16.4. The van der Waals surface area contributed by atoms with Crippen LogP contribution in [0.4, 0.5) is 0 Å². The molecule has 0 saturated heterocycles. The molecule has 29 heavy (non-hydrogen) atoms. The molecule has 7 nitrogen and oxygen atoms in total. The third-order valence-corrected chi connectivity index (χ3v) is 5.06. The Morgan fingerprint density at radius 3 is 2.62 bits per heavy atom. The Hall–Kier alpha value is -3.19. The minimum Gasteiger partial charge on any atom is -0.497 e. The number of hydrogen-bond donors (Lipinski definition) is 1. The van der Waals surface area contributed by atoms with Gasteiger partial charge < -0.3 is 14.5 Å². The number of benzene rings is 1. The first kappa shape index (κ1) is 19.1. The number of hydrogen-bond acceptors (Lipinski definition) is 6. The quantitative estimate of drug-likeness (QED) is 0.695. The molecule has 1 aliphatic rings. The van der Waals surface area contributed by atoms with E-state index in [9.17, 15) is 4.79 Å². The maximum atomic E-state index is 12.4. The van der Waals surface area contributed by atoms with E-state index in [0.29, 0.717) is 6.54 Å². The molecular formula is C22H24N4O3. The molecule has 1 aromatic carbocycles. The van der Waals surface area contributed by atoms with E-state index in [2.05, 4.69) is 32.3 Å². The lowest BCUT2D eigenvalue weighted by molar-refractivity contribution is 0.0914. The highest BCUT2D eigenvalue weighted by molar-refractivity contribution is 5.89. The van der Waals surface area contributed by atoms with Gasteiger partial charge >= 0.3 is 5.91 Å². The van der Waals surface area contributed by atoms with E-state index in [0.717, 1.165) is 55.2 Å². The van der Waals surface area contributed by atoms with E-state index in [1.807, 2.05) is 24.3 Å². The van der Waals surface area contributed by atoms with Crippen LogP contribution in [-0.4, -0.2) is 41.0 Å². The average Bonchev–Trinajstić information content (AvgIpc) is 3.09. The number of fused-ring (bicyclic) bond motifs is 1. The molecule has 0 aliphatic carbocycles. The van der Waals surface area contributed by atoms with Crippen molar-refractivity contribution in [3.63, 3.8) is 0 Å². The second-order valence-electron chi connectivity index (χ2n) is 7.05. The molecular weight excluding hydrogens is 368 g/mol. The van der Waals surface area contributed by atoms with Crippen molar-refractivity contribution in [2.75, 3.05) is 20.2 Å². The van der Waals surface area contributed by atoms with Gasteiger partial charge in [0.05, 0.1) is 12.8 Å². The summed E-state index contributed by atoms with van der Waals surface area (Å²) >= 11 is 0. The van der Waals surface area contributed by atoms with Crippen LogP contribution >= 0.6 is 0 Å². The maximum absolute atomic E-state index is 12.4. The number of nitrogens with zero attached hydrogens (tertiary/aromatic N) is 3. The van der Waals surface area contributed by atoms with Crippen LogP contribution in [0.1, 0.15) is 33.3 Å². The molecule has 0 spiro atoms. The molecule has 1 N–H and O–H groups in total. The highest BCUT2D eigenvalue weighted by Crippen LogP contribution is 2.19. The lowest BCUT2D eigenvalue weighted by atomic mass is 10.2. The Balaban J connectivity index is 1.33. The SMILES string of the molecule is COc1ccc(CN2CCc3nc(C(=O)NCc4ccncc4)oc3CC2)cc1. The number of nitrogens with one attached hydrogen (secondary N) is 1. The summed E-state index contributed by atoms with van der Waals surface area (Å²) in [4.78, 5) is 23.2. The first-order valence-corrected chi connectivity index (χ1v) is 9.72. The van der Waals surface area contributed by atoms with Gasteiger partial charge in [-0.1, -0.05) is 12.1 Å². The zero-order valence-corrected chi connectivity index (χ0v) is 16.4. The van der Waals surface area contributed by atoms with Crippen LogP contribution in [0, 0.1) is 0 Å². The van der Waals surface area contributed by atoms with Crippen LogP contribution in [0.25, 0.3) is 0 Å². The zero-order chi connectivity index (χ0) is 20.1. The highest BCUT2D eigenvalue weighted by atomic mass is 16.5. The minimum atomic E-state index is -0.287. The highest BCUT2D eigenvalue weighted by Gasteiger charge is 2.22. The van der Waals surface area contributed by atoms with E-state index in [-0.39, 0.29) is 11.8 Å². The van der Waals surface area contributed by atoms with Gasteiger partial charge in [-0.05, 0) is 35.4 Å². The first-order chi connectivity index (χ1) is 14.2. The second-order valence-corrected chi connectivity index (χ2v) is 7.05. The number of pyridine rings is 1. The summed E-state index contributed by atoms with van der Waals surface area (Å²) in [6.07, 6.45) is 4.92. The standard InChI is InChI=1S/C22H24N4O3/c1-28-18-4-2-17(3-5-18)15-26-12-8-19-20(9-13-26)29-22(25-19)21(27)24-14-16-6-10-23-11-7-16/h2-7,10-11H,8-9,12-15H2,1H3,(H,24,27). The molecule has 1 aliphatic heterocycles. The lowest BCUT2D eigenvalue weighted by Gasteiger charge is -2.19. The van der Waals surface area contributed by atoms with E-state index in [1.165, 1.54) is 5.56 Å². The van der Waals surface area contributed by atoms with Crippen molar-refractivity contribution in [2.45, 2.75) is 25.9 Å². The third-order valence-electron chi connectivity index (χ3n) is 5.06. The van der Waals surface area contributed by atoms with Gasteiger partial charge in [0.15, 0.2) is 0 Å². The molecule has 3 heterocycles. The predicted octanol–water partition coefficient (Wildman–Crippen LogP) is 2.61. The van der Waals surface area contributed by atoms with Gasteiger partial charge in [-0.2, -0.15) is 0 Å². The molecule has 2 aromatic heterocycles. The topological polar surface area (TPSA) is 80.5 Å². The van der Waals surface area contributed by atoms with Crippen LogP contribution < -0.4 is 10.1 Å². The molecule has 0 unspecified atom stereocenters. The van der Waals surface area contributed by atoms with Crippen LogP contribution in [-0.2, 0) is 25.9 Å². The second kappa shape index (κ2) is 8.87. The monoisotopic (exact) mass is 392 g/mol. The van der Waals surface area contributed by atoms with Crippen molar-refractivity contribution in [3.8, 4) is 5.75 Å². The van der Waals surface area contributed by atoms with E-state index in [1.54, 1.807) is 19.5 Å². The summed E-state index contributed by atoms with van der Waals surface area (Å²) in [5.41, 5.74) is 3.11. The molecule has 0 saturated carbocycles. The van der Waals surface area contributed by atoms with Crippen molar-refractivity contribution >= 4 is 5.91 Å². The smallest absolute Gasteiger partial charge is 0.307 e. The summed E-state index contributed by atoms with van der Waals surface area (Å²) in [6.45, 7) is 3.04. The van der Waals surface area contributed by atoms with E-state index >= 15 is 0 Å². The van der Waals surface area contributed by atoms with Gasteiger partial charge in [0.2, 0.25) is 0 Å². The summed E-state index contributed by atoms with van der Waals surface area (Å²) < 4.78 is 11.0. The van der Waals surface area contributed by atoms with Gasteiger partial charge in [-0.25, -0.2) is 4.98 Å². The number of carbonyl (C=O) groups is 1. The first-order valence-electron chi connectivity index (χ1n) is 9.72. The third kappa shape index (κ3) is 4.81. The summed E-state index contributed by atoms with van der Waals surface area (Å²) in [5.74, 6) is 1.54. The number of rotatable bonds is 6. The van der Waals surface area contributed by atoms with Crippen molar-refractivity contribution < 1.29 is 13.9 Å². The Morgan fingerprint density at radius 1 is 1.10 bits per heavy atom. The lowest BCUT2D eigenvalue weighted by Crippen LogP contribution is -2.26. The number of aromatic nitrogens is 2. The van der Waals surface area contributed by atoms with E-state index < -0.39 is 0 Å². The molecule has 0 radical (unpaired) electrons. The molecule has 3 aromatic rings. The number of oxazole rings is 1. The fourth-order valence-electron chi connectivity index (χ4n) is 3.41. The van der Waals surface area contributed by atoms with Crippen LogP contribution in [0.15, 0.2) is 53.2 Å². The number of ether oxygens (including phenoxy) is 1. The van der Waals surface area contributed by atoms with Crippen LogP contribution in [0.5, 0.6) is 5.75 Å². The molecule has 150 valence electrons. The van der Waals surface area contributed by atoms with Gasteiger partial charge in [0, 0.05) is 51.4 Å². The Labute approximate surface area is 169 Å². The average molecular weight is 392 g/mol. The minimum absolute atomic E-state index is 0.146. The molecule has 0 atom stereocenters. The van der Waals surface area contributed by atoms with Gasteiger partial charge in [0.25, 0.3) is 5.89 Å². The molecule has 1 amide bonds. The maximum Gasteiger partial charge on any atom is 0.307 e. The molecule has 4 rings (SSSR count). The summed E-state index contributed by atoms with van der Waals surface area (Å²) in [7, 11) is 1.67.